The predicted molar refractivity (Wildman–Crippen MR) is 73.0 cm³/mol. The van der Waals surface area contributed by atoms with Gasteiger partial charge in [-0.3, -0.25) is 0 Å². The van der Waals surface area contributed by atoms with Crippen molar-refractivity contribution < 1.29 is 4.74 Å². The summed E-state index contributed by atoms with van der Waals surface area (Å²) in [6.07, 6.45) is 3.74. The third kappa shape index (κ3) is 3.33. The van der Waals surface area contributed by atoms with Gasteiger partial charge in [0.15, 0.2) is 5.82 Å². The number of hydrogen-bond donors (Lipinski definition) is 0. The van der Waals surface area contributed by atoms with Gasteiger partial charge in [-0.25, -0.2) is 9.97 Å². The second kappa shape index (κ2) is 6.34. The molecule has 2 heterocycles. The van der Waals surface area contributed by atoms with E-state index in [4.69, 9.17) is 16.3 Å². The molecule has 4 nitrogen and oxygen atoms in total. The van der Waals surface area contributed by atoms with E-state index in [1.165, 1.54) is 19.3 Å². The number of piperidine rings is 1. The number of aromatic nitrogens is 2. The van der Waals surface area contributed by atoms with Crippen LogP contribution in [0.15, 0.2) is 6.07 Å². The molecule has 1 fully saturated rings. The van der Waals surface area contributed by atoms with Crippen molar-refractivity contribution in [2.45, 2.75) is 32.8 Å². The zero-order valence-corrected chi connectivity index (χ0v) is 11.8. The second-order valence-electron chi connectivity index (χ2n) is 4.74. The van der Waals surface area contributed by atoms with E-state index >= 15 is 0 Å². The minimum atomic E-state index is 0.402. The van der Waals surface area contributed by atoms with Gasteiger partial charge in [0.2, 0.25) is 0 Å². The molecular formula is C13H20ClN3O. The standard InChI is InChI=1S/C13H20ClN3O/c1-3-10-4-6-17(7-5-10)13-8-11(14)15-12(16-13)9-18-2/h8,10H,3-7,9H2,1-2H3. The average Bonchev–Trinajstić information content (AvgIpc) is 2.38. The van der Waals surface area contributed by atoms with Gasteiger partial charge >= 0.3 is 0 Å². The van der Waals surface area contributed by atoms with Crippen molar-refractivity contribution in [1.29, 1.82) is 0 Å². The van der Waals surface area contributed by atoms with E-state index in [2.05, 4.69) is 21.8 Å². The van der Waals surface area contributed by atoms with Gasteiger partial charge in [-0.15, -0.1) is 0 Å². The Kier molecular flexibility index (Phi) is 4.78. The van der Waals surface area contributed by atoms with Crippen molar-refractivity contribution in [2.24, 2.45) is 5.92 Å². The van der Waals surface area contributed by atoms with Gasteiger partial charge in [-0.2, -0.15) is 0 Å². The SMILES string of the molecule is CCC1CCN(c2cc(Cl)nc(COC)n2)CC1. The first kappa shape index (κ1) is 13.6. The van der Waals surface area contributed by atoms with Gasteiger partial charge in [0.05, 0.1) is 0 Å². The minimum absolute atomic E-state index is 0.402. The molecule has 0 unspecified atom stereocenters. The van der Waals surface area contributed by atoms with Crippen LogP contribution in [0.5, 0.6) is 0 Å². The van der Waals surface area contributed by atoms with Gasteiger partial charge in [-0.1, -0.05) is 24.9 Å². The first-order valence-electron chi connectivity index (χ1n) is 6.50. The van der Waals surface area contributed by atoms with E-state index in [1.54, 1.807) is 7.11 Å². The zero-order valence-electron chi connectivity index (χ0n) is 11.0. The van der Waals surface area contributed by atoms with Crippen LogP contribution < -0.4 is 4.90 Å². The Balaban J connectivity index is 2.08. The molecular weight excluding hydrogens is 250 g/mol. The number of anilines is 1. The average molecular weight is 270 g/mol. The number of ether oxygens (including phenoxy) is 1. The first-order chi connectivity index (χ1) is 8.72. The Hall–Kier alpha value is -0.870. The molecule has 1 aromatic rings. The summed E-state index contributed by atoms with van der Waals surface area (Å²) in [7, 11) is 1.64. The lowest BCUT2D eigenvalue weighted by Gasteiger charge is -2.32. The molecule has 2 rings (SSSR count). The molecule has 100 valence electrons. The fourth-order valence-corrected chi connectivity index (χ4v) is 2.57. The molecule has 0 amide bonds. The quantitative estimate of drug-likeness (QED) is 0.788. The highest BCUT2D eigenvalue weighted by molar-refractivity contribution is 6.29. The third-order valence-electron chi connectivity index (χ3n) is 3.52. The Labute approximate surface area is 113 Å². The molecule has 1 saturated heterocycles. The second-order valence-corrected chi connectivity index (χ2v) is 5.12. The van der Waals surface area contributed by atoms with Crippen molar-refractivity contribution in [3.05, 3.63) is 17.0 Å². The maximum absolute atomic E-state index is 6.03. The number of nitrogens with zero attached hydrogens (tertiary/aromatic N) is 3. The van der Waals surface area contributed by atoms with E-state index in [1.807, 2.05) is 6.07 Å². The Bertz CT molecular complexity index is 392. The number of hydrogen-bond acceptors (Lipinski definition) is 4. The fraction of sp³-hybridized carbons (Fsp3) is 0.692. The highest BCUT2D eigenvalue weighted by atomic mass is 35.5. The Morgan fingerprint density at radius 1 is 1.39 bits per heavy atom. The van der Waals surface area contributed by atoms with E-state index in [-0.39, 0.29) is 0 Å². The van der Waals surface area contributed by atoms with Crippen LogP contribution in [0.3, 0.4) is 0 Å². The van der Waals surface area contributed by atoms with Crippen LogP contribution in [-0.4, -0.2) is 30.2 Å². The monoisotopic (exact) mass is 269 g/mol. The highest BCUT2D eigenvalue weighted by Gasteiger charge is 2.19. The fourth-order valence-electron chi connectivity index (χ4n) is 2.38. The molecule has 0 aliphatic carbocycles. The lowest BCUT2D eigenvalue weighted by atomic mass is 9.94. The van der Waals surface area contributed by atoms with Crippen molar-refractivity contribution in [3.8, 4) is 0 Å². The summed E-state index contributed by atoms with van der Waals surface area (Å²) in [4.78, 5) is 10.9. The smallest absolute Gasteiger partial charge is 0.158 e. The summed E-state index contributed by atoms with van der Waals surface area (Å²) >= 11 is 6.03. The number of rotatable bonds is 4. The van der Waals surface area contributed by atoms with Crippen LogP contribution in [0.25, 0.3) is 0 Å². The van der Waals surface area contributed by atoms with Crippen molar-refractivity contribution in [2.75, 3.05) is 25.1 Å². The molecule has 1 aliphatic heterocycles. The maximum atomic E-state index is 6.03. The van der Waals surface area contributed by atoms with Crippen LogP contribution in [0, 0.1) is 5.92 Å². The Morgan fingerprint density at radius 2 is 2.11 bits per heavy atom. The van der Waals surface area contributed by atoms with Gasteiger partial charge in [0.1, 0.15) is 17.6 Å². The summed E-state index contributed by atoms with van der Waals surface area (Å²) in [6.45, 7) is 4.77. The summed E-state index contributed by atoms with van der Waals surface area (Å²) in [5.74, 6) is 2.44. The number of halogens is 1. The van der Waals surface area contributed by atoms with E-state index < -0.39 is 0 Å². The molecule has 0 saturated carbocycles. The van der Waals surface area contributed by atoms with Crippen LogP contribution in [0.2, 0.25) is 5.15 Å². The van der Waals surface area contributed by atoms with Crippen LogP contribution in [0.1, 0.15) is 32.0 Å². The van der Waals surface area contributed by atoms with Crippen LogP contribution in [0.4, 0.5) is 5.82 Å². The molecule has 0 spiro atoms. The van der Waals surface area contributed by atoms with Crippen molar-refractivity contribution >= 4 is 17.4 Å². The molecule has 0 N–H and O–H groups in total. The van der Waals surface area contributed by atoms with Gasteiger partial charge < -0.3 is 9.64 Å². The lowest BCUT2D eigenvalue weighted by molar-refractivity contribution is 0.178. The van der Waals surface area contributed by atoms with Crippen LogP contribution in [-0.2, 0) is 11.3 Å². The summed E-state index contributed by atoms with van der Waals surface area (Å²) in [5, 5.41) is 0.490. The van der Waals surface area contributed by atoms with Gasteiger partial charge in [-0.05, 0) is 18.8 Å². The summed E-state index contributed by atoms with van der Waals surface area (Å²) in [6, 6.07) is 1.84. The van der Waals surface area contributed by atoms with Crippen molar-refractivity contribution in [1.82, 2.24) is 9.97 Å². The third-order valence-corrected chi connectivity index (χ3v) is 3.71. The van der Waals surface area contributed by atoms with Gasteiger partial charge in [0, 0.05) is 26.3 Å². The zero-order chi connectivity index (χ0) is 13.0. The molecule has 5 heteroatoms. The molecule has 1 aromatic heterocycles. The highest BCUT2D eigenvalue weighted by Crippen LogP contribution is 2.25. The van der Waals surface area contributed by atoms with E-state index in [0.29, 0.717) is 17.6 Å². The summed E-state index contributed by atoms with van der Waals surface area (Å²) in [5.41, 5.74) is 0. The van der Waals surface area contributed by atoms with E-state index in [9.17, 15) is 0 Å². The van der Waals surface area contributed by atoms with E-state index in [0.717, 1.165) is 24.8 Å². The van der Waals surface area contributed by atoms with Crippen molar-refractivity contribution in [3.63, 3.8) is 0 Å². The van der Waals surface area contributed by atoms with Gasteiger partial charge in [0.25, 0.3) is 0 Å². The minimum Gasteiger partial charge on any atom is -0.377 e. The predicted octanol–water partition coefficient (Wildman–Crippen LogP) is 2.90. The molecule has 0 aromatic carbocycles. The molecule has 18 heavy (non-hydrogen) atoms. The van der Waals surface area contributed by atoms with Crippen LogP contribution >= 0.6 is 11.6 Å². The first-order valence-corrected chi connectivity index (χ1v) is 6.88. The lowest BCUT2D eigenvalue weighted by Crippen LogP contribution is -2.34. The molecule has 0 atom stereocenters. The normalized spacial score (nSPS) is 17.2. The maximum Gasteiger partial charge on any atom is 0.158 e. The summed E-state index contributed by atoms with van der Waals surface area (Å²) < 4.78 is 5.06. The molecule has 1 aliphatic rings. The topological polar surface area (TPSA) is 38.2 Å². The molecule has 0 bridgehead atoms. The largest absolute Gasteiger partial charge is 0.377 e. The molecule has 0 radical (unpaired) electrons. The number of methoxy groups -OCH3 is 1. The Morgan fingerprint density at radius 3 is 2.72 bits per heavy atom.